The Morgan fingerprint density at radius 1 is 1.38 bits per heavy atom. The molecular weight excluding hydrogens is 202 g/mol. The quantitative estimate of drug-likeness (QED) is 0.812. The number of aromatic nitrogens is 4. The van der Waals surface area contributed by atoms with E-state index >= 15 is 0 Å². The Morgan fingerprint density at radius 2 is 2.06 bits per heavy atom. The first-order chi connectivity index (χ1) is 7.50. The maximum atomic E-state index is 5.64. The van der Waals surface area contributed by atoms with Gasteiger partial charge in [0, 0.05) is 11.7 Å². The number of nitrogens with two attached hydrogens (primary N) is 1. The van der Waals surface area contributed by atoms with E-state index in [4.69, 9.17) is 5.73 Å². The zero-order chi connectivity index (χ0) is 11.9. The van der Waals surface area contributed by atoms with Gasteiger partial charge in [-0.1, -0.05) is 0 Å². The minimum Gasteiger partial charge on any atom is -0.384 e. The molecule has 16 heavy (non-hydrogen) atoms. The maximum absolute atomic E-state index is 5.64. The van der Waals surface area contributed by atoms with E-state index in [1.807, 2.05) is 18.5 Å². The third kappa shape index (κ3) is 1.58. The van der Waals surface area contributed by atoms with Crippen molar-refractivity contribution in [2.24, 2.45) is 0 Å². The molecule has 0 bridgehead atoms. The molecule has 0 unspecified atom stereocenters. The monoisotopic (exact) mass is 219 g/mol. The first-order valence-electron chi connectivity index (χ1n) is 5.37. The summed E-state index contributed by atoms with van der Waals surface area (Å²) in [6, 6.07) is 0.347. The van der Waals surface area contributed by atoms with Gasteiger partial charge in [0.2, 0.25) is 0 Å². The Labute approximate surface area is 94.7 Å². The summed E-state index contributed by atoms with van der Waals surface area (Å²) in [5, 5.41) is 4.51. The fourth-order valence-corrected chi connectivity index (χ4v) is 1.97. The number of anilines is 1. The molecule has 0 aliphatic rings. The molecule has 0 radical (unpaired) electrons. The highest BCUT2D eigenvalue weighted by Gasteiger charge is 2.16. The number of H-pyrrole nitrogens is 1. The molecule has 2 heterocycles. The van der Waals surface area contributed by atoms with Crippen LogP contribution in [0.2, 0.25) is 0 Å². The molecular formula is C11H17N5. The molecule has 2 aromatic rings. The molecule has 0 atom stereocenters. The second-order valence-corrected chi connectivity index (χ2v) is 4.27. The predicted molar refractivity (Wildman–Crippen MR) is 64.1 cm³/mol. The van der Waals surface area contributed by atoms with Crippen LogP contribution < -0.4 is 5.73 Å². The molecule has 86 valence electrons. The lowest BCUT2D eigenvalue weighted by Crippen LogP contribution is -2.04. The van der Waals surface area contributed by atoms with Gasteiger partial charge in [0.15, 0.2) is 0 Å². The molecule has 5 nitrogen and oxygen atoms in total. The van der Waals surface area contributed by atoms with Crippen molar-refractivity contribution in [2.45, 2.75) is 33.7 Å². The highest BCUT2D eigenvalue weighted by molar-refractivity contribution is 5.63. The molecule has 0 aliphatic carbocycles. The van der Waals surface area contributed by atoms with Gasteiger partial charge in [-0.05, 0) is 27.7 Å². The van der Waals surface area contributed by atoms with Crippen LogP contribution in [0.4, 0.5) is 5.82 Å². The van der Waals surface area contributed by atoms with Crippen LogP contribution in [0.25, 0.3) is 11.4 Å². The number of imidazole rings is 1. The lowest BCUT2D eigenvalue weighted by atomic mass is 10.2. The number of nitrogen functional groups attached to an aromatic ring is 1. The van der Waals surface area contributed by atoms with Crippen molar-refractivity contribution in [3.05, 3.63) is 17.6 Å². The van der Waals surface area contributed by atoms with Crippen molar-refractivity contribution in [2.75, 3.05) is 5.73 Å². The number of rotatable bonds is 2. The molecule has 5 heteroatoms. The van der Waals surface area contributed by atoms with Crippen LogP contribution in [-0.4, -0.2) is 19.7 Å². The zero-order valence-corrected chi connectivity index (χ0v) is 10.1. The number of aryl methyl sites for hydroxylation is 1. The summed E-state index contributed by atoms with van der Waals surface area (Å²) >= 11 is 0. The highest BCUT2D eigenvalue weighted by Crippen LogP contribution is 2.26. The second-order valence-electron chi connectivity index (χ2n) is 4.27. The minimum absolute atomic E-state index is 0.347. The average molecular weight is 219 g/mol. The van der Waals surface area contributed by atoms with Crippen LogP contribution >= 0.6 is 0 Å². The Hall–Kier alpha value is -1.78. The van der Waals surface area contributed by atoms with Crippen LogP contribution in [0.5, 0.6) is 0 Å². The van der Waals surface area contributed by atoms with Crippen LogP contribution in [0, 0.1) is 13.8 Å². The van der Waals surface area contributed by atoms with Gasteiger partial charge >= 0.3 is 0 Å². The Morgan fingerprint density at radius 3 is 2.50 bits per heavy atom. The molecule has 0 spiro atoms. The van der Waals surface area contributed by atoms with E-state index in [-0.39, 0.29) is 0 Å². The van der Waals surface area contributed by atoms with Gasteiger partial charge in [-0.2, -0.15) is 5.10 Å². The minimum atomic E-state index is 0.347. The van der Waals surface area contributed by atoms with Crippen molar-refractivity contribution in [1.82, 2.24) is 19.7 Å². The normalized spacial score (nSPS) is 11.3. The number of hydrogen-bond acceptors (Lipinski definition) is 3. The first-order valence-corrected chi connectivity index (χ1v) is 5.37. The van der Waals surface area contributed by atoms with E-state index in [9.17, 15) is 0 Å². The number of hydrogen-bond donors (Lipinski definition) is 2. The van der Waals surface area contributed by atoms with Gasteiger partial charge in [-0.3, -0.25) is 4.68 Å². The van der Waals surface area contributed by atoms with Crippen LogP contribution in [0.1, 0.15) is 31.3 Å². The van der Waals surface area contributed by atoms with Crippen molar-refractivity contribution in [3.8, 4) is 11.4 Å². The SMILES string of the molecule is Cc1nn(C(C)C)c(C)c1-c1ncc(N)[nH]1. The standard InChI is InChI=1S/C11H17N5/c1-6(2)16-8(4)10(7(3)15-16)11-13-5-9(12)14-11/h5-6H,12H2,1-4H3,(H,13,14). The van der Waals surface area contributed by atoms with E-state index in [1.165, 1.54) is 0 Å². The van der Waals surface area contributed by atoms with E-state index in [2.05, 4.69) is 28.9 Å². The van der Waals surface area contributed by atoms with Crippen LogP contribution in [0.15, 0.2) is 6.20 Å². The summed E-state index contributed by atoms with van der Waals surface area (Å²) < 4.78 is 2.00. The Bertz CT molecular complexity index is 506. The third-order valence-electron chi connectivity index (χ3n) is 2.65. The predicted octanol–water partition coefficient (Wildman–Crippen LogP) is 2.05. The molecule has 3 N–H and O–H groups in total. The largest absolute Gasteiger partial charge is 0.384 e. The average Bonchev–Trinajstić information content (AvgIpc) is 2.71. The number of aromatic amines is 1. The smallest absolute Gasteiger partial charge is 0.142 e. The Balaban J connectivity index is 2.57. The van der Waals surface area contributed by atoms with Crippen LogP contribution in [-0.2, 0) is 0 Å². The van der Waals surface area contributed by atoms with Gasteiger partial charge < -0.3 is 10.7 Å². The summed E-state index contributed by atoms with van der Waals surface area (Å²) in [4.78, 5) is 7.29. The summed E-state index contributed by atoms with van der Waals surface area (Å²) in [5.41, 5.74) is 8.77. The van der Waals surface area contributed by atoms with Gasteiger partial charge in [0.1, 0.15) is 11.6 Å². The first kappa shape index (κ1) is 10.7. The lowest BCUT2D eigenvalue weighted by molar-refractivity contribution is 0.516. The molecule has 0 fully saturated rings. The van der Waals surface area contributed by atoms with E-state index in [0.717, 1.165) is 22.8 Å². The fraction of sp³-hybridized carbons (Fsp3) is 0.455. The topological polar surface area (TPSA) is 72.5 Å². The molecule has 2 aromatic heterocycles. The molecule has 0 aromatic carbocycles. The zero-order valence-electron chi connectivity index (χ0n) is 10.1. The van der Waals surface area contributed by atoms with Gasteiger partial charge in [-0.15, -0.1) is 0 Å². The van der Waals surface area contributed by atoms with Crippen molar-refractivity contribution in [3.63, 3.8) is 0 Å². The maximum Gasteiger partial charge on any atom is 0.142 e. The summed E-state index contributed by atoms with van der Waals surface area (Å²) in [6.45, 7) is 8.26. The van der Waals surface area contributed by atoms with Gasteiger partial charge in [0.25, 0.3) is 0 Å². The van der Waals surface area contributed by atoms with Crippen molar-refractivity contribution >= 4 is 5.82 Å². The van der Waals surface area contributed by atoms with E-state index in [0.29, 0.717) is 11.9 Å². The molecule has 2 rings (SSSR count). The van der Waals surface area contributed by atoms with E-state index < -0.39 is 0 Å². The number of nitrogens with one attached hydrogen (secondary N) is 1. The fourth-order valence-electron chi connectivity index (χ4n) is 1.97. The molecule has 0 amide bonds. The summed E-state index contributed by atoms with van der Waals surface area (Å²) in [7, 11) is 0. The van der Waals surface area contributed by atoms with Crippen molar-refractivity contribution in [1.29, 1.82) is 0 Å². The van der Waals surface area contributed by atoms with Gasteiger partial charge in [0.05, 0.1) is 17.5 Å². The summed E-state index contributed by atoms with van der Waals surface area (Å²) in [6.07, 6.45) is 1.63. The third-order valence-corrected chi connectivity index (χ3v) is 2.65. The van der Waals surface area contributed by atoms with Crippen LogP contribution in [0.3, 0.4) is 0 Å². The van der Waals surface area contributed by atoms with Gasteiger partial charge in [-0.25, -0.2) is 4.98 Å². The Kier molecular flexibility index (Phi) is 2.46. The second kappa shape index (κ2) is 3.66. The molecule has 0 saturated carbocycles. The summed E-state index contributed by atoms with van der Waals surface area (Å²) in [5.74, 6) is 1.37. The molecule has 0 aliphatic heterocycles. The highest BCUT2D eigenvalue weighted by atomic mass is 15.3. The van der Waals surface area contributed by atoms with Crippen molar-refractivity contribution < 1.29 is 0 Å². The van der Waals surface area contributed by atoms with E-state index in [1.54, 1.807) is 6.20 Å². The lowest BCUT2D eigenvalue weighted by Gasteiger charge is -2.07. The number of nitrogens with zero attached hydrogens (tertiary/aromatic N) is 3. The molecule has 0 saturated heterocycles.